The van der Waals surface area contributed by atoms with Crippen molar-refractivity contribution in [2.45, 2.75) is 44.8 Å². The molecule has 1 saturated heterocycles. The van der Waals surface area contributed by atoms with Crippen LogP contribution in [0.5, 0.6) is 5.75 Å². The third-order valence-electron chi connectivity index (χ3n) is 9.29. The highest BCUT2D eigenvalue weighted by molar-refractivity contribution is 6.39. The Bertz CT molecular complexity index is 1970. The number of hydrogen-bond acceptors (Lipinski definition) is 7. The van der Waals surface area contributed by atoms with Gasteiger partial charge < -0.3 is 29.9 Å². The van der Waals surface area contributed by atoms with E-state index in [1.807, 2.05) is 0 Å². The summed E-state index contributed by atoms with van der Waals surface area (Å²) in [5.41, 5.74) is 5.05. The molecular weight excluding hydrogens is 700 g/mol. The normalized spacial score (nSPS) is 15.7. The minimum Gasteiger partial charge on any atom is -0.496 e. The topological polar surface area (TPSA) is 142 Å². The molecule has 15 heteroatoms. The number of ether oxygens (including phenoxy) is 1. The number of rotatable bonds is 12. The number of amides is 3. The van der Waals surface area contributed by atoms with Gasteiger partial charge in [-0.15, -0.1) is 0 Å². The first-order valence-electron chi connectivity index (χ1n) is 16.6. The Kier molecular flexibility index (Phi) is 11.1. The number of carbonyl (C=O) groups is 3. The molecule has 1 atom stereocenters. The molecule has 2 aliphatic rings. The number of carboxylic acid groups (broad SMARTS) is 1. The van der Waals surface area contributed by atoms with Gasteiger partial charge in [-0.3, -0.25) is 23.9 Å². The Labute approximate surface area is 304 Å². The maximum absolute atomic E-state index is 13.5. The lowest BCUT2D eigenvalue weighted by atomic mass is 10.0. The van der Waals surface area contributed by atoms with Gasteiger partial charge in [-0.05, 0) is 31.0 Å². The molecule has 1 unspecified atom stereocenters. The molecule has 0 spiro atoms. The third kappa shape index (κ3) is 7.80. The van der Waals surface area contributed by atoms with Crippen LogP contribution in [0.3, 0.4) is 0 Å². The van der Waals surface area contributed by atoms with Crippen molar-refractivity contribution < 1.29 is 28.6 Å². The number of hydrogen-bond donors (Lipinski definition) is 3. The highest BCUT2D eigenvalue weighted by atomic mass is 35.5. The number of methoxy groups -OCH3 is 1. The molecular formula is C36H38Cl2FN7O5. The van der Waals surface area contributed by atoms with Crippen LogP contribution in [0.15, 0.2) is 48.7 Å². The van der Waals surface area contributed by atoms with Gasteiger partial charge in [0.1, 0.15) is 5.75 Å². The highest BCUT2D eigenvalue weighted by Gasteiger charge is 2.28. The maximum Gasteiger partial charge on any atom is 0.407 e. The second kappa shape index (κ2) is 15.7. The summed E-state index contributed by atoms with van der Waals surface area (Å²) in [6, 6.07) is 12.1. The van der Waals surface area contributed by atoms with Crippen LogP contribution in [0.25, 0.3) is 22.4 Å². The molecule has 4 aromatic rings. The van der Waals surface area contributed by atoms with Crippen molar-refractivity contribution in [3.05, 3.63) is 81.5 Å². The zero-order chi connectivity index (χ0) is 36.2. The summed E-state index contributed by atoms with van der Waals surface area (Å²) < 4.78 is 20.2. The summed E-state index contributed by atoms with van der Waals surface area (Å²) >= 11 is 13.9. The Morgan fingerprint density at radius 1 is 1.16 bits per heavy atom. The SMILES string of the molecule is COc1cc(-c2nccc(-c3cccc(NC(=O)c4nc5c(n4C)CN(CCCF)CC5)c3Cl)c2Cl)ccc1CN(CC1CCC(=O)N1)C(=O)O. The van der Waals surface area contributed by atoms with Crippen LogP contribution in [0, 0.1) is 0 Å². The molecule has 2 aliphatic heterocycles. The lowest BCUT2D eigenvalue weighted by molar-refractivity contribution is -0.119. The van der Waals surface area contributed by atoms with E-state index in [1.165, 1.54) is 12.0 Å². The van der Waals surface area contributed by atoms with Crippen molar-refractivity contribution >= 4 is 46.8 Å². The van der Waals surface area contributed by atoms with Gasteiger partial charge in [0.05, 0.1) is 53.1 Å². The van der Waals surface area contributed by atoms with Crippen LogP contribution in [0.2, 0.25) is 10.0 Å². The number of nitrogens with zero attached hydrogens (tertiary/aromatic N) is 5. The molecule has 0 aliphatic carbocycles. The molecule has 0 saturated carbocycles. The zero-order valence-corrected chi connectivity index (χ0v) is 29.7. The summed E-state index contributed by atoms with van der Waals surface area (Å²) in [4.78, 5) is 49.7. The Hall–Kier alpha value is -4.72. The molecule has 12 nitrogen and oxygen atoms in total. The Balaban J connectivity index is 1.22. The number of imidazole rings is 1. The van der Waals surface area contributed by atoms with Gasteiger partial charge in [0.2, 0.25) is 5.91 Å². The van der Waals surface area contributed by atoms with E-state index in [9.17, 15) is 23.9 Å². The van der Waals surface area contributed by atoms with Crippen molar-refractivity contribution in [3.8, 4) is 28.1 Å². The predicted molar refractivity (Wildman–Crippen MR) is 192 cm³/mol. The van der Waals surface area contributed by atoms with Crippen LogP contribution in [-0.4, -0.2) is 86.8 Å². The number of nitrogens with one attached hydrogen (secondary N) is 2. The second-order valence-corrected chi connectivity index (χ2v) is 13.3. The molecule has 3 amide bonds. The van der Waals surface area contributed by atoms with Crippen LogP contribution in [0.1, 0.15) is 46.8 Å². The van der Waals surface area contributed by atoms with Gasteiger partial charge in [0.15, 0.2) is 5.82 Å². The number of fused-ring (bicyclic) bond motifs is 1. The van der Waals surface area contributed by atoms with Crippen molar-refractivity contribution in [3.63, 3.8) is 0 Å². The van der Waals surface area contributed by atoms with Gasteiger partial charge in [0.25, 0.3) is 5.91 Å². The molecule has 268 valence electrons. The number of benzene rings is 2. The number of aromatic nitrogens is 3. The number of anilines is 1. The van der Waals surface area contributed by atoms with Crippen LogP contribution < -0.4 is 15.4 Å². The molecule has 3 N–H and O–H groups in total. The maximum atomic E-state index is 13.5. The third-order valence-corrected chi connectivity index (χ3v) is 10.1. The predicted octanol–water partition coefficient (Wildman–Crippen LogP) is 6.19. The van der Waals surface area contributed by atoms with Crippen LogP contribution in [0.4, 0.5) is 14.9 Å². The molecule has 0 bridgehead atoms. The van der Waals surface area contributed by atoms with Crippen molar-refractivity contribution in [1.29, 1.82) is 0 Å². The van der Waals surface area contributed by atoms with Crippen LogP contribution >= 0.6 is 23.2 Å². The monoisotopic (exact) mass is 737 g/mol. The van der Waals surface area contributed by atoms with Crippen LogP contribution in [-0.2, 0) is 31.4 Å². The van der Waals surface area contributed by atoms with E-state index in [0.29, 0.717) is 83.2 Å². The number of carbonyl (C=O) groups excluding carboxylic acids is 2. The largest absolute Gasteiger partial charge is 0.496 e. The van der Waals surface area contributed by atoms with Gasteiger partial charge >= 0.3 is 6.09 Å². The second-order valence-electron chi connectivity index (χ2n) is 12.6. The molecule has 1 fully saturated rings. The van der Waals surface area contributed by atoms with E-state index in [4.69, 9.17) is 27.9 Å². The average molecular weight is 739 g/mol. The first-order chi connectivity index (χ1) is 24.6. The Morgan fingerprint density at radius 2 is 1.96 bits per heavy atom. The van der Waals surface area contributed by atoms with E-state index in [-0.39, 0.29) is 42.6 Å². The van der Waals surface area contributed by atoms with Crippen molar-refractivity contribution in [2.24, 2.45) is 7.05 Å². The van der Waals surface area contributed by atoms with E-state index >= 15 is 0 Å². The fraction of sp³-hybridized carbons (Fsp3) is 0.361. The number of pyridine rings is 1. The standard InChI is InChI=1S/C36H38Cl2FN7O5/c1-44-28-20-45(15-4-13-39)16-12-26(28)42-34(44)35(48)43-27-6-3-5-24(31(27)37)25-11-14-40-33(32(25)38)21-7-8-22(29(17-21)51-2)18-46(36(49)50)19-23-9-10-30(47)41-23/h3,5-8,11,14,17,23H,4,9-10,12-13,15-16,18-20H2,1-2H3,(H,41,47)(H,43,48)(H,49,50). The Morgan fingerprint density at radius 3 is 2.69 bits per heavy atom. The summed E-state index contributed by atoms with van der Waals surface area (Å²) in [6.07, 6.45) is 2.61. The fourth-order valence-corrected chi connectivity index (χ4v) is 7.20. The number of alkyl halides is 1. The number of halogens is 3. The van der Waals surface area contributed by atoms with Crippen molar-refractivity contribution in [1.82, 2.24) is 29.7 Å². The minimum absolute atomic E-state index is 0.0558. The van der Waals surface area contributed by atoms with E-state index < -0.39 is 12.0 Å². The molecule has 2 aromatic carbocycles. The van der Waals surface area contributed by atoms with Gasteiger partial charge in [-0.25, -0.2) is 9.78 Å². The van der Waals surface area contributed by atoms with Gasteiger partial charge in [-0.2, -0.15) is 0 Å². The van der Waals surface area contributed by atoms with E-state index in [1.54, 1.807) is 60.3 Å². The van der Waals surface area contributed by atoms with E-state index in [0.717, 1.165) is 17.9 Å². The lowest BCUT2D eigenvalue weighted by Gasteiger charge is -2.26. The summed E-state index contributed by atoms with van der Waals surface area (Å²) in [6.45, 7) is 1.86. The van der Waals surface area contributed by atoms with E-state index in [2.05, 4.69) is 25.5 Å². The van der Waals surface area contributed by atoms with Gasteiger partial charge in [-0.1, -0.05) is 47.5 Å². The zero-order valence-electron chi connectivity index (χ0n) is 28.2. The lowest BCUT2D eigenvalue weighted by Crippen LogP contribution is -2.41. The molecule has 4 heterocycles. The summed E-state index contributed by atoms with van der Waals surface area (Å²) in [5.74, 6) is 0.208. The van der Waals surface area contributed by atoms with Crippen molar-refractivity contribution in [2.75, 3.05) is 38.7 Å². The molecule has 51 heavy (non-hydrogen) atoms. The summed E-state index contributed by atoms with van der Waals surface area (Å²) in [5, 5.41) is 16.2. The smallest absolute Gasteiger partial charge is 0.407 e. The first-order valence-corrected chi connectivity index (χ1v) is 17.4. The molecule has 6 rings (SSSR count). The molecule has 2 aromatic heterocycles. The fourth-order valence-electron chi connectivity index (χ4n) is 6.60. The average Bonchev–Trinajstić information content (AvgIpc) is 3.69. The quantitative estimate of drug-likeness (QED) is 0.156. The minimum atomic E-state index is -1.10. The molecule has 0 radical (unpaired) electrons. The summed E-state index contributed by atoms with van der Waals surface area (Å²) in [7, 11) is 3.30. The first kappa shape index (κ1) is 36.1. The highest BCUT2D eigenvalue weighted by Crippen LogP contribution is 2.41. The van der Waals surface area contributed by atoms with Gasteiger partial charge in [0, 0.05) is 80.6 Å².